The van der Waals surface area contributed by atoms with Crippen LogP contribution in [-0.2, 0) is 26.2 Å². The summed E-state index contributed by atoms with van der Waals surface area (Å²) in [5.41, 5.74) is 2.66. The molecule has 0 heterocycles. The molecule has 1 atom stereocenters. The number of likely N-dealkylation sites (N-methyl/N-ethyl adjacent to an activating group) is 1. The van der Waals surface area contributed by atoms with Gasteiger partial charge in [-0.05, 0) is 68.3 Å². The summed E-state index contributed by atoms with van der Waals surface area (Å²) in [5.74, 6) is 0.0159. The lowest BCUT2D eigenvalue weighted by Crippen LogP contribution is -2.50. The summed E-state index contributed by atoms with van der Waals surface area (Å²) in [6.45, 7) is 4.82. The predicted octanol–water partition coefficient (Wildman–Crippen LogP) is 3.68. The molecule has 0 radical (unpaired) electrons. The summed E-state index contributed by atoms with van der Waals surface area (Å²) in [5, 5.41) is 2.57. The molecular formula is C29H35N3O6S. The minimum atomic E-state index is -4.19. The first-order chi connectivity index (χ1) is 18.5. The highest BCUT2D eigenvalue weighted by Crippen LogP contribution is 2.34. The molecule has 9 nitrogen and oxygen atoms in total. The molecule has 2 amide bonds. The molecule has 208 valence electrons. The van der Waals surface area contributed by atoms with Gasteiger partial charge in [-0.2, -0.15) is 0 Å². The smallest absolute Gasteiger partial charge is 0.264 e. The third-order valence-corrected chi connectivity index (χ3v) is 8.19. The fourth-order valence-corrected chi connectivity index (χ4v) is 5.48. The number of ether oxygens (including phenoxy) is 2. The van der Waals surface area contributed by atoms with Gasteiger partial charge in [-0.1, -0.05) is 35.9 Å². The molecule has 0 aliphatic rings. The average molecular weight is 554 g/mol. The minimum Gasteiger partial charge on any atom is -0.497 e. The van der Waals surface area contributed by atoms with E-state index in [-0.39, 0.29) is 23.0 Å². The monoisotopic (exact) mass is 553 g/mol. The van der Waals surface area contributed by atoms with Crippen LogP contribution < -0.4 is 19.1 Å². The van der Waals surface area contributed by atoms with Crippen molar-refractivity contribution >= 4 is 27.5 Å². The van der Waals surface area contributed by atoms with Crippen molar-refractivity contribution in [3.8, 4) is 11.5 Å². The van der Waals surface area contributed by atoms with E-state index in [1.54, 1.807) is 68.6 Å². The van der Waals surface area contributed by atoms with Crippen LogP contribution in [0.4, 0.5) is 5.69 Å². The van der Waals surface area contributed by atoms with E-state index in [0.29, 0.717) is 11.5 Å². The Kier molecular flexibility index (Phi) is 9.58. The number of hydrogen-bond donors (Lipinski definition) is 1. The third kappa shape index (κ3) is 6.88. The van der Waals surface area contributed by atoms with E-state index in [0.717, 1.165) is 21.0 Å². The number of aryl methyl sites for hydroxylation is 2. The van der Waals surface area contributed by atoms with Gasteiger partial charge >= 0.3 is 0 Å². The molecule has 3 aromatic carbocycles. The van der Waals surface area contributed by atoms with Gasteiger partial charge in [0.25, 0.3) is 10.0 Å². The highest BCUT2D eigenvalue weighted by atomic mass is 32.2. The summed E-state index contributed by atoms with van der Waals surface area (Å²) in [6, 6.07) is 17.8. The first-order valence-electron chi connectivity index (χ1n) is 12.4. The SMILES string of the molecule is CNC(=O)[C@@H](C)N(Cc1ccc(OC)cc1)C(=O)CN(c1cc(C)ccc1OC)S(=O)(=O)c1ccc(C)cc1. The molecule has 0 bridgehead atoms. The molecule has 0 saturated heterocycles. The van der Waals surface area contributed by atoms with Gasteiger partial charge < -0.3 is 19.7 Å². The molecule has 1 N–H and O–H groups in total. The predicted molar refractivity (Wildman–Crippen MR) is 151 cm³/mol. The van der Waals surface area contributed by atoms with Crippen molar-refractivity contribution in [3.05, 3.63) is 83.4 Å². The van der Waals surface area contributed by atoms with Crippen molar-refractivity contribution in [1.82, 2.24) is 10.2 Å². The van der Waals surface area contributed by atoms with Crippen LogP contribution in [0.1, 0.15) is 23.6 Å². The molecule has 39 heavy (non-hydrogen) atoms. The van der Waals surface area contributed by atoms with Crippen molar-refractivity contribution in [1.29, 1.82) is 0 Å². The summed E-state index contributed by atoms with van der Waals surface area (Å²) in [7, 11) is 0.291. The van der Waals surface area contributed by atoms with Crippen LogP contribution in [-0.4, -0.2) is 59.0 Å². The Morgan fingerprint density at radius 1 is 0.897 bits per heavy atom. The lowest BCUT2D eigenvalue weighted by atomic mass is 10.1. The van der Waals surface area contributed by atoms with E-state index in [1.807, 2.05) is 13.8 Å². The quantitative estimate of drug-likeness (QED) is 0.389. The van der Waals surface area contributed by atoms with Crippen LogP contribution in [0, 0.1) is 13.8 Å². The lowest BCUT2D eigenvalue weighted by molar-refractivity contribution is -0.139. The van der Waals surface area contributed by atoms with Crippen molar-refractivity contribution in [3.63, 3.8) is 0 Å². The summed E-state index contributed by atoms with van der Waals surface area (Å²) in [6.07, 6.45) is 0. The summed E-state index contributed by atoms with van der Waals surface area (Å²) >= 11 is 0. The molecule has 0 spiro atoms. The highest BCUT2D eigenvalue weighted by molar-refractivity contribution is 7.92. The lowest BCUT2D eigenvalue weighted by Gasteiger charge is -2.32. The number of carbonyl (C=O) groups is 2. The molecule has 0 fully saturated rings. The molecule has 0 aliphatic carbocycles. The average Bonchev–Trinajstić information content (AvgIpc) is 2.94. The number of carbonyl (C=O) groups excluding carboxylic acids is 2. The molecule has 0 unspecified atom stereocenters. The van der Waals surface area contributed by atoms with Crippen molar-refractivity contribution in [2.75, 3.05) is 32.1 Å². The van der Waals surface area contributed by atoms with Gasteiger partial charge in [0.15, 0.2) is 0 Å². The van der Waals surface area contributed by atoms with Crippen molar-refractivity contribution in [2.24, 2.45) is 0 Å². The van der Waals surface area contributed by atoms with E-state index >= 15 is 0 Å². The number of hydrogen-bond acceptors (Lipinski definition) is 6. The van der Waals surface area contributed by atoms with Gasteiger partial charge in [0, 0.05) is 13.6 Å². The number of sulfonamides is 1. The normalized spacial score (nSPS) is 11.8. The maximum Gasteiger partial charge on any atom is 0.264 e. The largest absolute Gasteiger partial charge is 0.497 e. The zero-order valence-electron chi connectivity index (χ0n) is 23.1. The number of benzene rings is 3. The molecule has 0 aliphatic heterocycles. The molecule has 10 heteroatoms. The number of methoxy groups -OCH3 is 2. The van der Waals surface area contributed by atoms with E-state index in [1.165, 1.54) is 31.2 Å². The van der Waals surface area contributed by atoms with Crippen LogP contribution in [0.25, 0.3) is 0 Å². The number of nitrogens with zero attached hydrogens (tertiary/aromatic N) is 2. The Hall–Kier alpha value is -4.05. The first kappa shape index (κ1) is 29.5. The van der Waals surface area contributed by atoms with E-state index in [4.69, 9.17) is 9.47 Å². The maximum atomic E-state index is 14.0. The van der Waals surface area contributed by atoms with Crippen LogP contribution in [0.2, 0.25) is 0 Å². The van der Waals surface area contributed by atoms with Gasteiger partial charge in [-0.3, -0.25) is 13.9 Å². The second-order valence-corrected chi connectivity index (χ2v) is 11.0. The Morgan fingerprint density at radius 3 is 2.08 bits per heavy atom. The molecule has 3 aromatic rings. The molecule has 3 rings (SSSR count). The van der Waals surface area contributed by atoms with Crippen molar-refractivity contribution < 1.29 is 27.5 Å². The Labute approximate surface area is 230 Å². The van der Waals surface area contributed by atoms with Crippen LogP contribution in [0.5, 0.6) is 11.5 Å². The number of amides is 2. The van der Waals surface area contributed by atoms with Crippen LogP contribution in [0.15, 0.2) is 71.6 Å². The van der Waals surface area contributed by atoms with Gasteiger partial charge in [0.1, 0.15) is 24.1 Å². The third-order valence-electron chi connectivity index (χ3n) is 6.42. The highest BCUT2D eigenvalue weighted by Gasteiger charge is 2.33. The summed E-state index contributed by atoms with van der Waals surface area (Å²) < 4.78 is 39.7. The molecule has 0 aromatic heterocycles. The van der Waals surface area contributed by atoms with E-state index in [2.05, 4.69) is 5.32 Å². The van der Waals surface area contributed by atoms with Crippen LogP contribution >= 0.6 is 0 Å². The minimum absolute atomic E-state index is 0.0329. The number of nitrogens with one attached hydrogen (secondary N) is 1. The van der Waals surface area contributed by atoms with Gasteiger partial charge in [0.05, 0.1) is 24.8 Å². The number of anilines is 1. The van der Waals surface area contributed by atoms with E-state index in [9.17, 15) is 18.0 Å². The Balaban J connectivity index is 2.09. The fourth-order valence-electron chi connectivity index (χ4n) is 4.06. The molecular weight excluding hydrogens is 518 g/mol. The van der Waals surface area contributed by atoms with Gasteiger partial charge in [0.2, 0.25) is 11.8 Å². The van der Waals surface area contributed by atoms with Crippen LogP contribution in [0.3, 0.4) is 0 Å². The zero-order valence-corrected chi connectivity index (χ0v) is 23.9. The number of rotatable bonds is 11. The second-order valence-electron chi connectivity index (χ2n) is 9.16. The zero-order chi connectivity index (χ0) is 28.7. The molecule has 0 saturated carbocycles. The summed E-state index contributed by atoms with van der Waals surface area (Å²) in [4.78, 5) is 27.9. The Bertz CT molecular complexity index is 1410. The van der Waals surface area contributed by atoms with Crippen molar-refractivity contribution in [2.45, 2.75) is 38.3 Å². The first-order valence-corrected chi connectivity index (χ1v) is 13.8. The fraction of sp³-hybridized carbons (Fsp3) is 0.310. The topological polar surface area (TPSA) is 105 Å². The van der Waals surface area contributed by atoms with E-state index < -0.39 is 28.5 Å². The Morgan fingerprint density at radius 2 is 1.51 bits per heavy atom. The standard InChI is InChI=1S/C29H35N3O6S/c1-20-7-14-25(15-8-20)39(35,36)32(26-17-21(2)9-16-27(26)38-6)19-28(33)31(22(3)29(34)30-4)18-23-10-12-24(37-5)13-11-23/h7-17,22H,18-19H2,1-6H3,(H,30,34)/t22-/m1/s1. The van der Waals surface area contributed by atoms with Gasteiger partial charge in [-0.25, -0.2) is 8.42 Å². The van der Waals surface area contributed by atoms with Gasteiger partial charge in [-0.15, -0.1) is 0 Å². The maximum absolute atomic E-state index is 14.0. The second kappa shape index (κ2) is 12.7.